The van der Waals surface area contributed by atoms with Gasteiger partial charge in [0, 0.05) is 19.6 Å². The molecule has 1 aliphatic carbocycles. The fourth-order valence-corrected chi connectivity index (χ4v) is 11.0. The third-order valence-electron chi connectivity index (χ3n) is 11.1. The summed E-state index contributed by atoms with van der Waals surface area (Å²) in [6.07, 6.45) is -1.37. The zero-order chi connectivity index (χ0) is 43.5. The molecular weight excluding hydrogens is 819 g/mol. The van der Waals surface area contributed by atoms with Gasteiger partial charge in [-0.2, -0.15) is 4.31 Å². The lowest BCUT2D eigenvalue weighted by atomic mass is 9.88. The normalized spacial score (nSPS) is 19.3. The number of hydrogen-bond acceptors (Lipinski definition) is 12. The fraction of sp³-hybridized carbons (Fsp3) is 0.524. The maximum absolute atomic E-state index is 14.2. The van der Waals surface area contributed by atoms with E-state index in [2.05, 4.69) is 5.32 Å². The smallest absolute Gasteiger partial charge is 0.407 e. The molecule has 0 radical (unpaired) electrons. The standard InChI is InChI=1S/C42H55N3O13S2/c1-5-55-36-14-13-31(30-11-9-29(10-12-30)24-43-38(48)58-40(2,3)4)21-37(36)60(53,54)44-19-17-41(18-20-44)23-32(26-57-41)45(39(49)50)25-33(47)27-56-34-7-6-8-35(22-34)59(51,52)42(28-46)15-16-42/h6-14,21-22,32-33,46-47H,5,15-20,23-28H2,1-4H3,(H,43,48)(H,49,50). The Labute approximate surface area is 351 Å². The molecule has 60 heavy (non-hydrogen) atoms. The summed E-state index contributed by atoms with van der Waals surface area (Å²) in [6, 6.07) is 17.6. The van der Waals surface area contributed by atoms with Crippen molar-refractivity contribution in [3.63, 3.8) is 0 Å². The van der Waals surface area contributed by atoms with Crippen LogP contribution < -0.4 is 14.8 Å². The highest BCUT2D eigenvalue weighted by molar-refractivity contribution is 7.93. The van der Waals surface area contributed by atoms with Gasteiger partial charge in [0.15, 0.2) is 9.84 Å². The van der Waals surface area contributed by atoms with Crippen molar-refractivity contribution in [2.45, 2.75) is 104 Å². The molecule has 18 heteroatoms. The van der Waals surface area contributed by atoms with Crippen molar-refractivity contribution < 1.29 is 60.7 Å². The Kier molecular flexibility index (Phi) is 13.4. The van der Waals surface area contributed by atoms with Gasteiger partial charge >= 0.3 is 12.2 Å². The molecule has 6 rings (SSSR count). The lowest BCUT2D eigenvalue weighted by molar-refractivity contribution is -0.0319. The molecule has 2 saturated heterocycles. The summed E-state index contributed by atoms with van der Waals surface area (Å²) in [7, 11) is -7.83. The average molecular weight is 874 g/mol. The van der Waals surface area contributed by atoms with Crippen molar-refractivity contribution in [1.82, 2.24) is 14.5 Å². The summed E-state index contributed by atoms with van der Waals surface area (Å²) in [5.74, 6) is 0.401. The van der Waals surface area contributed by atoms with Gasteiger partial charge in [0.2, 0.25) is 10.0 Å². The molecule has 16 nitrogen and oxygen atoms in total. The van der Waals surface area contributed by atoms with Crippen LogP contribution in [-0.4, -0.2) is 128 Å². The van der Waals surface area contributed by atoms with Crippen molar-refractivity contribution in [3.05, 3.63) is 72.3 Å². The first kappa shape index (κ1) is 45.1. The van der Waals surface area contributed by atoms with Gasteiger partial charge in [-0.3, -0.25) is 0 Å². The minimum atomic E-state index is -4.04. The lowest BCUT2D eigenvalue weighted by Gasteiger charge is -2.38. The number of carbonyl (C=O) groups is 2. The molecule has 2 heterocycles. The molecule has 2 atom stereocenters. The topological polar surface area (TPSA) is 219 Å². The van der Waals surface area contributed by atoms with Gasteiger partial charge in [-0.1, -0.05) is 36.4 Å². The van der Waals surface area contributed by atoms with Crippen LogP contribution in [0.25, 0.3) is 11.1 Å². The number of sulfonamides is 1. The van der Waals surface area contributed by atoms with Crippen LogP contribution in [0, 0.1) is 0 Å². The molecule has 2 unspecified atom stereocenters. The highest BCUT2D eigenvalue weighted by atomic mass is 32.2. The number of sulfone groups is 1. The van der Waals surface area contributed by atoms with E-state index in [1.54, 1.807) is 45.9 Å². The maximum atomic E-state index is 14.2. The largest absolute Gasteiger partial charge is 0.492 e. The number of benzene rings is 3. The molecule has 1 spiro atoms. The molecule has 328 valence electrons. The van der Waals surface area contributed by atoms with E-state index in [0.29, 0.717) is 37.7 Å². The molecule has 2 amide bonds. The SMILES string of the molecule is CCOc1ccc(-c2ccc(CNC(=O)OC(C)(C)C)cc2)cc1S(=O)(=O)N1CCC2(CC1)CC(N(CC(O)COc1cccc(S(=O)(=O)C3(CO)CC3)c1)C(=O)O)CO2. The van der Waals surface area contributed by atoms with E-state index in [1.807, 2.05) is 24.3 Å². The first-order chi connectivity index (χ1) is 28.3. The van der Waals surface area contributed by atoms with E-state index in [0.717, 1.165) is 16.0 Å². The Morgan fingerprint density at radius 3 is 2.27 bits per heavy atom. The third kappa shape index (κ3) is 10.2. The van der Waals surface area contributed by atoms with Crippen LogP contribution in [0.5, 0.6) is 11.5 Å². The van der Waals surface area contributed by atoms with Crippen LogP contribution in [0.1, 0.15) is 65.4 Å². The summed E-state index contributed by atoms with van der Waals surface area (Å²) in [6.45, 7) is 6.87. The number of carboxylic acid groups (broad SMARTS) is 1. The number of piperidine rings is 1. The van der Waals surface area contributed by atoms with Crippen LogP contribution in [0.4, 0.5) is 9.59 Å². The Balaban J connectivity index is 1.06. The van der Waals surface area contributed by atoms with E-state index in [9.17, 15) is 41.7 Å². The average Bonchev–Trinajstić information content (AvgIpc) is 3.93. The summed E-state index contributed by atoms with van der Waals surface area (Å²) in [5, 5.41) is 33.4. The van der Waals surface area contributed by atoms with Crippen molar-refractivity contribution in [1.29, 1.82) is 0 Å². The second kappa shape index (κ2) is 17.9. The number of nitrogens with one attached hydrogen (secondary N) is 1. The Hall–Kier alpha value is -4.46. The van der Waals surface area contributed by atoms with E-state index in [-0.39, 0.29) is 67.3 Å². The first-order valence-electron chi connectivity index (χ1n) is 20.0. The van der Waals surface area contributed by atoms with Gasteiger partial charge in [-0.25, -0.2) is 26.4 Å². The van der Waals surface area contributed by atoms with Gasteiger partial charge in [-0.15, -0.1) is 0 Å². The van der Waals surface area contributed by atoms with Crippen LogP contribution in [0.3, 0.4) is 0 Å². The number of aliphatic hydroxyl groups excluding tert-OH is 2. The second-order valence-corrected chi connectivity index (χ2v) is 20.9. The molecule has 3 aromatic carbocycles. The molecule has 1 saturated carbocycles. The van der Waals surface area contributed by atoms with Gasteiger partial charge in [0.25, 0.3) is 0 Å². The van der Waals surface area contributed by atoms with Crippen LogP contribution in [0.2, 0.25) is 0 Å². The Morgan fingerprint density at radius 1 is 0.967 bits per heavy atom. The molecule has 3 aliphatic rings. The minimum Gasteiger partial charge on any atom is -0.492 e. The molecule has 4 N–H and O–H groups in total. The van der Waals surface area contributed by atoms with Gasteiger partial charge < -0.3 is 44.5 Å². The predicted molar refractivity (Wildman–Crippen MR) is 220 cm³/mol. The van der Waals surface area contributed by atoms with Gasteiger partial charge in [0.1, 0.15) is 34.7 Å². The fourth-order valence-electron chi connectivity index (χ4n) is 7.60. The summed E-state index contributed by atoms with van der Waals surface area (Å²) in [4.78, 5) is 25.6. The number of nitrogens with zero attached hydrogens (tertiary/aromatic N) is 2. The highest BCUT2D eigenvalue weighted by Crippen LogP contribution is 2.47. The predicted octanol–water partition coefficient (Wildman–Crippen LogP) is 4.81. The molecule has 0 aromatic heterocycles. The van der Waals surface area contributed by atoms with E-state index < -0.39 is 66.7 Å². The van der Waals surface area contributed by atoms with E-state index >= 15 is 0 Å². The zero-order valence-electron chi connectivity index (χ0n) is 34.3. The van der Waals surface area contributed by atoms with Crippen LogP contribution in [0.15, 0.2) is 76.5 Å². The number of carbonyl (C=O) groups excluding carboxylic acids is 1. The summed E-state index contributed by atoms with van der Waals surface area (Å²) < 4.78 is 77.7. The maximum Gasteiger partial charge on any atom is 0.407 e. The molecule has 3 aromatic rings. The van der Waals surface area contributed by atoms with E-state index in [4.69, 9.17) is 18.9 Å². The number of alkyl carbamates (subject to hydrolysis) is 1. The number of aliphatic hydroxyl groups is 2. The number of amides is 2. The molecule has 0 bridgehead atoms. The third-order valence-corrected chi connectivity index (χ3v) is 15.6. The minimum absolute atomic E-state index is 0.00167. The highest BCUT2D eigenvalue weighted by Gasteiger charge is 2.54. The zero-order valence-corrected chi connectivity index (χ0v) is 36.0. The monoisotopic (exact) mass is 873 g/mol. The first-order valence-corrected chi connectivity index (χ1v) is 23.0. The van der Waals surface area contributed by atoms with E-state index in [1.165, 1.54) is 28.6 Å². The number of hydrogen-bond donors (Lipinski definition) is 4. The van der Waals surface area contributed by atoms with Crippen molar-refractivity contribution in [2.75, 3.05) is 46.1 Å². The second-order valence-electron chi connectivity index (χ2n) is 16.6. The molecule has 3 fully saturated rings. The van der Waals surface area contributed by atoms with Gasteiger partial charge in [0.05, 0.1) is 47.7 Å². The van der Waals surface area contributed by atoms with Crippen LogP contribution >= 0.6 is 0 Å². The number of rotatable bonds is 16. The lowest BCUT2D eigenvalue weighted by Crippen LogP contribution is -2.48. The van der Waals surface area contributed by atoms with Crippen molar-refractivity contribution >= 4 is 32.0 Å². The summed E-state index contributed by atoms with van der Waals surface area (Å²) >= 11 is 0. The van der Waals surface area contributed by atoms with Crippen molar-refractivity contribution in [3.8, 4) is 22.6 Å². The Bertz CT molecular complexity index is 2230. The van der Waals surface area contributed by atoms with Gasteiger partial charge in [-0.05, 0) is 107 Å². The molecule has 2 aliphatic heterocycles. The Morgan fingerprint density at radius 2 is 1.65 bits per heavy atom. The summed E-state index contributed by atoms with van der Waals surface area (Å²) in [5.41, 5.74) is 0.871. The van der Waals surface area contributed by atoms with Crippen LogP contribution in [-0.2, 0) is 35.9 Å². The molecular formula is C42H55N3O13S2. The quantitative estimate of drug-likeness (QED) is 0.152. The van der Waals surface area contributed by atoms with Crippen molar-refractivity contribution in [2.24, 2.45) is 0 Å². The number of ether oxygens (including phenoxy) is 4.